The maximum atomic E-state index is 6.78. The minimum atomic E-state index is -0.130. The number of hydrogen-bond acceptors (Lipinski definition) is 6. The summed E-state index contributed by atoms with van der Waals surface area (Å²) in [6.45, 7) is 2.93. The summed E-state index contributed by atoms with van der Waals surface area (Å²) in [4.78, 5) is 17.0. The van der Waals surface area contributed by atoms with Crippen LogP contribution in [0.25, 0.3) is 33.3 Å². The van der Waals surface area contributed by atoms with Crippen LogP contribution in [0.5, 0.6) is 0 Å². The van der Waals surface area contributed by atoms with Gasteiger partial charge in [-0.15, -0.1) is 10.2 Å². The minimum absolute atomic E-state index is 0.130. The van der Waals surface area contributed by atoms with E-state index in [-0.39, 0.29) is 6.04 Å². The van der Waals surface area contributed by atoms with E-state index in [0.717, 1.165) is 70.8 Å². The molecule has 5 aromatic rings. The van der Waals surface area contributed by atoms with Crippen LogP contribution in [0.15, 0.2) is 36.7 Å². The number of halogens is 2. The molecular formula is C24H22Cl2N8. The summed E-state index contributed by atoms with van der Waals surface area (Å²) < 4.78 is 2.19. The summed E-state index contributed by atoms with van der Waals surface area (Å²) in [5.41, 5.74) is 3.37. The van der Waals surface area contributed by atoms with Gasteiger partial charge in [-0.1, -0.05) is 29.6 Å². The van der Waals surface area contributed by atoms with Crippen LogP contribution in [0.2, 0.25) is 10.0 Å². The Morgan fingerprint density at radius 3 is 2.85 bits per heavy atom. The number of aromatic amines is 1. The number of nitrogens with one attached hydrogen (secondary N) is 2. The minimum Gasteiger partial charge on any atom is -0.360 e. The second kappa shape index (κ2) is 8.52. The predicted molar refractivity (Wildman–Crippen MR) is 134 cm³/mol. The maximum absolute atomic E-state index is 6.78. The molecule has 1 atom stereocenters. The van der Waals surface area contributed by atoms with Gasteiger partial charge in [-0.05, 0) is 50.1 Å². The molecule has 8 nitrogen and oxygen atoms in total. The van der Waals surface area contributed by atoms with Gasteiger partial charge >= 0.3 is 0 Å². The van der Waals surface area contributed by atoms with Crippen molar-refractivity contribution in [2.75, 3.05) is 5.32 Å². The Labute approximate surface area is 205 Å². The Kier molecular flexibility index (Phi) is 5.34. The number of aryl methyl sites for hydroxylation is 1. The second-order valence-electron chi connectivity index (χ2n) is 8.62. The van der Waals surface area contributed by atoms with Gasteiger partial charge in [-0.3, -0.25) is 0 Å². The normalized spacial score (nSPS) is 14.8. The van der Waals surface area contributed by atoms with Crippen molar-refractivity contribution in [2.24, 2.45) is 0 Å². The van der Waals surface area contributed by atoms with Gasteiger partial charge in [0.2, 0.25) is 0 Å². The van der Waals surface area contributed by atoms with Gasteiger partial charge in [0.05, 0.1) is 27.6 Å². The molecule has 172 valence electrons. The van der Waals surface area contributed by atoms with Crippen LogP contribution >= 0.6 is 23.2 Å². The standard InChI is InChI=1S/C24H22Cl2N8/c1-13(22-30-18-7-6-14(25)9-20(18)31-22)29-23-16-10-17(26)15(11-19(16)27-12-28-23)24-33-32-21-5-3-2-4-8-34(21)24/h6-7,9-13H,2-5,8H2,1H3,(H,30,31)(H,27,28,29)/t13-/m0/s1. The van der Waals surface area contributed by atoms with Crippen LogP contribution < -0.4 is 5.32 Å². The van der Waals surface area contributed by atoms with Gasteiger partial charge in [0.15, 0.2) is 5.82 Å². The van der Waals surface area contributed by atoms with Crippen LogP contribution in [0.1, 0.15) is 43.9 Å². The molecule has 3 aromatic heterocycles. The molecule has 0 saturated heterocycles. The number of hydrogen-bond donors (Lipinski definition) is 2. The van der Waals surface area contributed by atoms with E-state index in [0.29, 0.717) is 15.9 Å². The van der Waals surface area contributed by atoms with Gasteiger partial charge in [-0.2, -0.15) is 0 Å². The quantitative estimate of drug-likeness (QED) is 0.320. The van der Waals surface area contributed by atoms with E-state index in [9.17, 15) is 0 Å². The largest absolute Gasteiger partial charge is 0.360 e. The molecule has 0 spiro atoms. The van der Waals surface area contributed by atoms with Crippen LogP contribution in [0.3, 0.4) is 0 Å². The number of nitrogens with zero attached hydrogens (tertiary/aromatic N) is 6. The third-order valence-electron chi connectivity index (χ3n) is 6.30. The van der Waals surface area contributed by atoms with E-state index >= 15 is 0 Å². The Morgan fingerprint density at radius 1 is 1.03 bits per heavy atom. The highest BCUT2D eigenvalue weighted by molar-refractivity contribution is 6.34. The molecule has 6 rings (SSSR count). The average molecular weight is 493 g/mol. The van der Waals surface area contributed by atoms with E-state index in [1.165, 1.54) is 6.42 Å². The SMILES string of the molecule is C[C@H](Nc1ncnc2cc(-c3nnc4n3CCCCC4)c(Cl)cc12)c1nc2cc(Cl)ccc2[nH]1. The van der Waals surface area contributed by atoms with Gasteiger partial charge in [0, 0.05) is 28.9 Å². The summed E-state index contributed by atoms with van der Waals surface area (Å²) in [5.74, 6) is 3.29. The zero-order valence-electron chi connectivity index (χ0n) is 18.5. The fourth-order valence-electron chi connectivity index (χ4n) is 4.52. The predicted octanol–water partition coefficient (Wildman–Crippen LogP) is 5.97. The summed E-state index contributed by atoms with van der Waals surface area (Å²) in [7, 11) is 0. The number of fused-ring (bicyclic) bond motifs is 3. The van der Waals surface area contributed by atoms with Crippen LogP contribution in [0, 0.1) is 0 Å². The van der Waals surface area contributed by atoms with E-state index < -0.39 is 0 Å². The lowest BCUT2D eigenvalue weighted by Gasteiger charge is -2.15. The Balaban J connectivity index is 1.35. The van der Waals surface area contributed by atoms with Crippen molar-refractivity contribution in [3.8, 4) is 11.4 Å². The number of rotatable bonds is 4. The smallest absolute Gasteiger partial charge is 0.165 e. The van der Waals surface area contributed by atoms with Crippen LogP contribution in [-0.2, 0) is 13.0 Å². The molecular weight excluding hydrogens is 471 g/mol. The molecule has 0 bridgehead atoms. The zero-order valence-corrected chi connectivity index (χ0v) is 20.0. The molecule has 10 heteroatoms. The molecule has 0 amide bonds. The monoisotopic (exact) mass is 492 g/mol. The van der Waals surface area contributed by atoms with Crippen LogP contribution in [0.4, 0.5) is 5.82 Å². The third-order valence-corrected chi connectivity index (χ3v) is 6.85. The van der Waals surface area contributed by atoms with Gasteiger partial charge < -0.3 is 14.9 Å². The maximum Gasteiger partial charge on any atom is 0.165 e. The molecule has 0 aliphatic carbocycles. The van der Waals surface area contributed by atoms with Gasteiger partial charge in [-0.25, -0.2) is 15.0 Å². The topological polar surface area (TPSA) is 97.2 Å². The second-order valence-corrected chi connectivity index (χ2v) is 9.47. The first-order chi connectivity index (χ1) is 16.6. The Hall–Kier alpha value is -3.23. The van der Waals surface area contributed by atoms with Crippen molar-refractivity contribution in [1.82, 2.24) is 34.7 Å². The fraction of sp³-hybridized carbons (Fsp3) is 0.292. The van der Waals surface area contributed by atoms with E-state index in [4.69, 9.17) is 23.2 Å². The van der Waals surface area contributed by atoms with Crippen molar-refractivity contribution in [3.05, 3.63) is 58.4 Å². The van der Waals surface area contributed by atoms with Gasteiger partial charge in [0.1, 0.15) is 23.8 Å². The summed E-state index contributed by atoms with van der Waals surface area (Å²) in [6.07, 6.45) is 5.96. The van der Waals surface area contributed by atoms with E-state index in [1.807, 2.05) is 37.3 Å². The first-order valence-corrected chi connectivity index (χ1v) is 12.1. The molecule has 0 radical (unpaired) electrons. The van der Waals surface area contributed by atoms with Crippen LogP contribution in [-0.4, -0.2) is 34.7 Å². The number of aromatic nitrogens is 7. The third kappa shape index (κ3) is 3.76. The summed E-state index contributed by atoms with van der Waals surface area (Å²) in [6, 6.07) is 9.35. The number of imidazole rings is 1. The Morgan fingerprint density at radius 2 is 1.94 bits per heavy atom. The Bertz CT molecular complexity index is 1520. The van der Waals surface area contributed by atoms with Crippen molar-refractivity contribution >= 4 is 51.0 Å². The lowest BCUT2D eigenvalue weighted by molar-refractivity contribution is 0.637. The zero-order chi connectivity index (χ0) is 23.2. The molecule has 0 unspecified atom stereocenters. The van der Waals surface area contributed by atoms with Gasteiger partial charge in [0.25, 0.3) is 0 Å². The first kappa shape index (κ1) is 21.3. The summed E-state index contributed by atoms with van der Waals surface area (Å²) >= 11 is 12.9. The molecule has 0 saturated carbocycles. The van der Waals surface area contributed by atoms with Crippen molar-refractivity contribution < 1.29 is 0 Å². The van der Waals surface area contributed by atoms with Crippen molar-refractivity contribution in [3.63, 3.8) is 0 Å². The molecule has 4 heterocycles. The average Bonchev–Trinajstić information content (AvgIpc) is 3.35. The highest BCUT2D eigenvalue weighted by Crippen LogP contribution is 2.34. The molecule has 34 heavy (non-hydrogen) atoms. The number of benzene rings is 2. The van der Waals surface area contributed by atoms with Crippen molar-refractivity contribution in [1.29, 1.82) is 0 Å². The highest BCUT2D eigenvalue weighted by Gasteiger charge is 2.20. The van der Waals surface area contributed by atoms with Crippen molar-refractivity contribution in [2.45, 2.75) is 45.2 Å². The van der Waals surface area contributed by atoms with E-state index in [1.54, 1.807) is 6.33 Å². The number of H-pyrrole nitrogens is 1. The lowest BCUT2D eigenvalue weighted by atomic mass is 10.1. The lowest BCUT2D eigenvalue weighted by Crippen LogP contribution is -2.10. The molecule has 2 N–H and O–H groups in total. The fourth-order valence-corrected chi connectivity index (χ4v) is 4.94. The molecule has 1 aliphatic heterocycles. The number of anilines is 1. The molecule has 0 fully saturated rings. The first-order valence-electron chi connectivity index (χ1n) is 11.4. The summed E-state index contributed by atoms with van der Waals surface area (Å²) in [5, 5.41) is 14.4. The van der Waals surface area contributed by atoms with E-state index in [2.05, 4.69) is 40.0 Å². The molecule has 2 aromatic carbocycles. The molecule has 1 aliphatic rings. The highest BCUT2D eigenvalue weighted by atomic mass is 35.5.